The van der Waals surface area contributed by atoms with Crippen molar-refractivity contribution in [2.24, 2.45) is 0 Å². The minimum absolute atomic E-state index is 0.179. The predicted octanol–water partition coefficient (Wildman–Crippen LogP) is 2.21. The summed E-state index contributed by atoms with van der Waals surface area (Å²) in [6.45, 7) is 1.88. The van der Waals surface area contributed by atoms with Crippen molar-refractivity contribution in [1.82, 2.24) is 9.78 Å². The summed E-state index contributed by atoms with van der Waals surface area (Å²) < 4.78 is 20.0. The third kappa shape index (κ3) is 2.64. The third-order valence-corrected chi connectivity index (χ3v) is 2.93. The molecule has 5 nitrogen and oxygen atoms in total. The SMILES string of the molecule is CCc1nn(-c2cccc(F)c2)c(OC)c1CC(=O)O. The lowest BCUT2D eigenvalue weighted by Gasteiger charge is -2.07. The summed E-state index contributed by atoms with van der Waals surface area (Å²) in [7, 11) is 1.44. The Morgan fingerprint density at radius 2 is 2.25 bits per heavy atom. The fraction of sp³-hybridized carbons (Fsp3) is 0.286. The molecular weight excluding hydrogens is 263 g/mol. The topological polar surface area (TPSA) is 64.4 Å². The van der Waals surface area contributed by atoms with Crippen LogP contribution < -0.4 is 4.74 Å². The molecule has 0 aliphatic rings. The highest BCUT2D eigenvalue weighted by Crippen LogP contribution is 2.27. The second-order valence-electron chi connectivity index (χ2n) is 4.25. The molecule has 6 heteroatoms. The molecule has 0 fully saturated rings. The summed E-state index contributed by atoms with van der Waals surface area (Å²) in [5.74, 6) is -1.02. The molecule has 0 atom stereocenters. The van der Waals surface area contributed by atoms with E-state index < -0.39 is 11.8 Å². The van der Waals surface area contributed by atoms with Crippen molar-refractivity contribution in [2.75, 3.05) is 7.11 Å². The molecule has 0 aliphatic heterocycles. The normalized spacial score (nSPS) is 10.6. The van der Waals surface area contributed by atoms with Crippen molar-refractivity contribution in [3.63, 3.8) is 0 Å². The first-order chi connectivity index (χ1) is 9.56. The number of hydrogen-bond acceptors (Lipinski definition) is 3. The summed E-state index contributed by atoms with van der Waals surface area (Å²) in [4.78, 5) is 11.0. The van der Waals surface area contributed by atoms with Gasteiger partial charge >= 0.3 is 5.97 Å². The van der Waals surface area contributed by atoms with Gasteiger partial charge < -0.3 is 9.84 Å². The van der Waals surface area contributed by atoms with Gasteiger partial charge in [0.05, 0.1) is 24.9 Å². The molecule has 0 unspecified atom stereocenters. The highest BCUT2D eigenvalue weighted by atomic mass is 19.1. The monoisotopic (exact) mass is 278 g/mol. The highest BCUT2D eigenvalue weighted by Gasteiger charge is 2.20. The smallest absolute Gasteiger partial charge is 0.308 e. The number of benzene rings is 1. The molecule has 1 N–H and O–H groups in total. The number of aryl methyl sites for hydroxylation is 1. The van der Waals surface area contributed by atoms with E-state index in [-0.39, 0.29) is 6.42 Å². The molecular formula is C14H15FN2O3. The van der Waals surface area contributed by atoms with Gasteiger partial charge in [-0.2, -0.15) is 5.10 Å². The van der Waals surface area contributed by atoms with E-state index in [4.69, 9.17) is 9.84 Å². The first-order valence-corrected chi connectivity index (χ1v) is 6.19. The second-order valence-corrected chi connectivity index (χ2v) is 4.25. The number of halogens is 1. The van der Waals surface area contributed by atoms with Crippen LogP contribution in [0.5, 0.6) is 5.88 Å². The average molecular weight is 278 g/mol. The molecule has 106 valence electrons. The van der Waals surface area contributed by atoms with E-state index >= 15 is 0 Å². The van der Waals surface area contributed by atoms with E-state index in [1.165, 1.54) is 23.9 Å². The quantitative estimate of drug-likeness (QED) is 0.910. The fourth-order valence-corrected chi connectivity index (χ4v) is 2.08. The lowest BCUT2D eigenvalue weighted by Crippen LogP contribution is -2.04. The summed E-state index contributed by atoms with van der Waals surface area (Å²) in [5.41, 5.74) is 1.65. The van der Waals surface area contributed by atoms with Crippen LogP contribution in [-0.4, -0.2) is 28.0 Å². The first-order valence-electron chi connectivity index (χ1n) is 6.19. The second kappa shape index (κ2) is 5.73. The van der Waals surface area contributed by atoms with Crippen molar-refractivity contribution >= 4 is 5.97 Å². The van der Waals surface area contributed by atoms with Crippen LogP contribution >= 0.6 is 0 Å². The largest absolute Gasteiger partial charge is 0.481 e. The molecule has 0 saturated carbocycles. The molecule has 0 amide bonds. The number of carboxylic acids is 1. The number of ether oxygens (including phenoxy) is 1. The van der Waals surface area contributed by atoms with Gasteiger partial charge in [-0.25, -0.2) is 9.07 Å². The van der Waals surface area contributed by atoms with Crippen LogP contribution in [0.15, 0.2) is 24.3 Å². The maximum absolute atomic E-state index is 13.3. The van der Waals surface area contributed by atoms with Gasteiger partial charge in [0.1, 0.15) is 5.82 Å². The molecule has 2 rings (SSSR count). The van der Waals surface area contributed by atoms with Crippen molar-refractivity contribution in [3.8, 4) is 11.6 Å². The zero-order chi connectivity index (χ0) is 14.7. The standard InChI is InChI=1S/C14H15FN2O3/c1-3-12-11(8-13(18)19)14(20-2)17(16-12)10-6-4-5-9(15)7-10/h4-7H,3,8H2,1-2H3,(H,18,19). The van der Waals surface area contributed by atoms with Crippen molar-refractivity contribution in [3.05, 3.63) is 41.3 Å². The van der Waals surface area contributed by atoms with Gasteiger partial charge in [0.15, 0.2) is 0 Å². The zero-order valence-electron chi connectivity index (χ0n) is 11.3. The lowest BCUT2D eigenvalue weighted by atomic mass is 10.1. The summed E-state index contributed by atoms with van der Waals surface area (Å²) in [6.07, 6.45) is 0.392. The van der Waals surface area contributed by atoms with E-state index in [2.05, 4.69) is 5.10 Å². The molecule has 0 spiro atoms. The van der Waals surface area contributed by atoms with Crippen molar-refractivity contribution in [1.29, 1.82) is 0 Å². The number of hydrogen-bond donors (Lipinski definition) is 1. The molecule has 20 heavy (non-hydrogen) atoms. The van der Waals surface area contributed by atoms with Crippen molar-refractivity contribution < 1.29 is 19.0 Å². The number of carboxylic acid groups (broad SMARTS) is 1. The Kier molecular flexibility index (Phi) is 4.02. The Bertz CT molecular complexity index is 637. The van der Waals surface area contributed by atoms with Crippen LogP contribution in [0, 0.1) is 5.82 Å². The number of rotatable bonds is 5. The molecule has 2 aromatic rings. The van der Waals surface area contributed by atoms with E-state index in [1.54, 1.807) is 12.1 Å². The number of aromatic nitrogens is 2. The Morgan fingerprint density at radius 3 is 2.80 bits per heavy atom. The van der Waals surface area contributed by atoms with E-state index in [1.807, 2.05) is 6.92 Å². The maximum Gasteiger partial charge on any atom is 0.308 e. The molecule has 0 saturated heterocycles. The van der Waals surface area contributed by atoms with Crippen LogP contribution in [0.3, 0.4) is 0 Å². The number of carbonyl (C=O) groups is 1. The van der Waals surface area contributed by atoms with E-state index in [9.17, 15) is 9.18 Å². The molecule has 0 bridgehead atoms. The minimum Gasteiger partial charge on any atom is -0.481 e. The molecule has 1 aromatic heterocycles. The van der Waals surface area contributed by atoms with Gasteiger partial charge in [0, 0.05) is 5.56 Å². The fourth-order valence-electron chi connectivity index (χ4n) is 2.08. The van der Waals surface area contributed by atoms with Gasteiger partial charge in [-0.15, -0.1) is 0 Å². The number of methoxy groups -OCH3 is 1. The zero-order valence-corrected chi connectivity index (χ0v) is 11.3. The summed E-state index contributed by atoms with van der Waals surface area (Å²) >= 11 is 0. The number of aliphatic carboxylic acids is 1. The van der Waals surface area contributed by atoms with Gasteiger partial charge in [0.25, 0.3) is 0 Å². The van der Waals surface area contributed by atoms with Crippen LogP contribution in [0.25, 0.3) is 5.69 Å². The van der Waals surface area contributed by atoms with E-state index in [0.717, 1.165) is 0 Å². The van der Waals surface area contributed by atoms with Crippen LogP contribution in [0.2, 0.25) is 0 Å². The van der Waals surface area contributed by atoms with Crippen LogP contribution in [-0.2, 0) is 17.6 Å². The van der Waals surface area contributed by atoms with Gasteiger partial charge in [-0.3, -0.25) is 4.79 Å². The third-order valence-electron chi connectivity index (χ3n) is 2.93. The Labute approximate surface area is 115 Å². The van der Waals surface area contributed by atoms with E-state index in [0.29, 0.717) is 29.2 Å². The predicted molar refractivity (Wildman–Crippen MR) is 70.8 cm³/mol. The molecule has 0 aliphatic carbocycles. The molecule has 1 aromatic carbocycles. The van der Waals surface area contributed by atoms with Crippen molar-refractivity contribution in [2.45, 2.75) is 19.8 Å². The Balaban J connectivity index is 2.59. The first kappa shape index (κ1) is 14.0. The Hall–Kier alpha value is -2.37. The molecule has 1 heterocycles. The lowest BCUT2D eigenvalue weighted by molar-refractivity contribution is -0.136. The summed E-state index contributed by atoms with van der Waals surface area (Å²) in [5, 5.41) is 13.3. The van der Waals surface area contributed by atoms with Gasteiger partial charge in [-0.1, -0.05) is 13.0 Å². The maximum atomic E-state index is 13.3. The minimum atomic E-state index is -0.961. The van der Waals surface area contributed by atoms with Crippen LogP contribution in [0.4, 0.5) is 4.39 Å². The van der Waals surface area contributed by atoms with Crippen LogP contribution in [0.1, 0.15) is 18.2 Å². The Morgan fingerprint density at radius 1 is 1.50 bits per heavy atom. The van der Waals surface area contributed by atoms with Gasteiger partial charge in [0.2, 0.25) is 5.88 Å². The molecule has 0 radical (unpaired) electrons. The average Bonchev–Trinajstić information content (AvgIpc) is 2.75. The number of nitrogens with zero attached hydrogens (tertiary/aromatic N) is 2. The highest BCUT2D eigenvalue weighted by molar-refractivity contribution is 5.71. The summed E-state index contributed by atoms with van der Waals surface area (Å²) in [6, 6.07) is 5.90. The van der Waals surface area contributed by atoms with Gasteiger partial charge in [-0.05, 0) is 24.6 Å².